The number of nitrogens with one attached hydrogen (secondary N) is 6. The molecule has 24 heteroatoms. The summed E-state index contributed by atoms with van der Waals surface area (Å²) in [6, 6.07) is -0.378. The summed E-state index contributed by atoms with van der Waals surface area (Å²) < 4.78 is 0. The molecule has 1 aromatic carbocycles. The number of guanidine groups is 1. The topological polar surface area (TPSA) is 380 Å². The van der Waals surface area contributed by atoms with Gasteiger partial charge in [-0.05, 0) is 44.1 Å². The van der Waals surface area contributed by atoms with E-state index < -0.39 is 103 Å². The fourth-order valence-electron chi connectivity index (χ4n) is 6.85. The van der Waals surface area contributed by atoms with E-state index in [1.807, 2.05) is 5.32 Å². The van der Waals surface area contributed by atoms with Crippen molar-refractivity contribution in [2.45, 2.75) is 146 Å². The van der Waals surface area contributed by atoms with Crippen molar-refractivity contribution in [2.75, 3.05) is 18.8 Å². The third-order valence-electron chi connectivity index (χ3n) is 10.5. The first-order valence-electron chi connectivity index (χ1n) is 22.1. The van der Waals surface area contributed by atoms with Gasteiger partial charge in [0, 0.05) is 38.1 Å². The molecule has 1 heterocycles. The molecule has 7 atom stereocenters. The predicted molar refractivity (Wildman–Crippen MR) is 243 cm³/mol. The molecule has 1 fully saturated rings. The number of hydrogen-bond acceptors (Lipinski definition) is 13. The molecule has 2 unspecified atom stereocenters. The largest absolute Gasteiger partial charge is 0.479 e. The molecular weight excluding hydrogens is 883 g/mol. The number of thiol groups is 1. The summed E-state index contributed by atoms with van der Waals surface area (Å²) in [5, 5.41) is 44.6. The Kier molecular flexibility index (Phi) is 25.7. The standard InChI is InChI=1S/C42H67N11O12S/c1-2-3-4-5-6-7-11-18-32(55)47-29(23-25-14-9-8-10-15-25)37(59)51-30(24-66)38(60)48-26(16-12-21-46-42(44)45)35(57)49-27(19-20-31(43)54)36(58)52-33(34(56)41(63)64)39(61)50-28-17-13-22-53(65)40(28)62/h8-10,14-15,26-30,33-34,56,65-66H,2-7,11-13,16-24H2,1H3,(H2,43,54)(H,47,55)(H,48,60)(H,49,57)(H,50,61)(H,51,59)(H,52,58)(H,63,64)(H4,44,45,46)/t26-,27-,28?,29-,30-,33-,34?/m0/s1. The fourth-order valence-corrected chi connectivity index (χ4v) is 7.10. The quantitative estimate of drug-likeness (QED) is 0.0126. The molecule has 2 rings (SSSR count). The van der Waals surface area contributed by atoms with Crippen LogP contribution >= 0.6 is 12.6 Å². The number of hydrogen-bond donors (Lipinski definition) is 13. The molecule has 0 bridgehead atoms. The lowest BCUT2D eigenvalue weighted by atomic mass is 10.0. The number of unbranched alkanes of at least 4 members (excludes halogenated alkanes) is 6. The van der Waals surface area contributed by atoms with Crippen LogP contribution in [0.5, 0.6) is 0 Å². The molecule has 8 amide bonds. The van der Waals surface area contributed by atoms with Gasteiger partial charge in [-0.1, -0.05) is 75.8 Å². The van der Waals surface area contributed by atoms with Crippen molar-refractivity contribution in [1.82, 2.24) is 37.0 Å². The van der Waals surface area contributed by atoms with Crippen LogP contribution in [0.2, 0.25) is 0 Å². The highest BCUT2D eigenvalue weighted by atomic mass is 32.1. The van der Waals surface area contributed by atoms with Gasteiger partial charge in [0.2, 0.25) is 41.4 Å². The smallest absolute Gasteiger partial charge is 0.335 e. The number of nitrogens with two attached hydrogens (primary N) is 3. The third-order valence-corrected chi connectivity index (χ3v) is 10.9. The summed E-state index contributed by atoms with van der Waals surface area (Å²) in [6.45, 7) is 2.09. The van der Waals surface area contributed by atoms with Crippen LogP contribution in [0.1, 0.15) is 102 Å². The van der Waals surface area contributed by atoms with Gasteiger partial charge in [0.05, 0.1) is 0 Å². The molecule has 1 aliphatic heterocycles. The van der Waals surface area contributed by atoms with E-state index >= 15 is 0 Å². The van der Waals surface area contributed by atoms with E-state index in [9.17, 15) is 58.6 Å². The molecule has 0 radical (unpaired) electrons. The Bertz CT molecular complexity index is 1820. The number of carbonyl (C=O) groups is 9. The van der Waals surface area contributed by atoms with Gasteiger partial charge in [0.1, 0.15) is 36.3 Å². The van der Waals surface area contributed by atoms with Crippen LogP contribution in [0.15, 0.2) is 35.3 Å². The van der Waals surface area contributed by atoms with Crippen molar-refractivity contribution >= 4 is 71.8 Å². The van der Waals surface area contributed by atoms with Crippen molar-refractivity contribution in [3.8, 4) is 0 Å². The number of carboxylic acid groups (broad SMARTS) is 1. The highest BCUT2D eigenvalue weighted by Gasteiger charge is 2.39. The number of hydroxylamine groups is 2. The molecule has 0 aliphatic carbocycles. The average molecular weight is 950 g/mol. The van der Waals surface area contributed by atoms with Crippen molar-refractivity contribution in [1.29, 1.82) is 0 Å². The number of aliphatic hydroxyl groups is 1. The molecule has 1 aliphatic rings. The van der Waals surface area contributed by atoms with Crippen LogP contribution in [0, 0.1) is 0 Å². The van der Waals surface area contributed by atoms with Crippen molar-refractivity contribution < 1.29 is 58.6 Å². The van der Waals surface area contributed by atoms with E-state index in [1.165, 1.54) is 0 Å². The first kappa shape index (κ1) is 56.1. The zero-order valence-electron chi connectivity index (χ0n) is 37.2. The van der Waals surface area contributed by atoms with Gasteiger partial charge in [-0.2, -0.15) is 12.6 Å². The number of aliphatic carboxylic acids is 1. The molecular formula is C42H67N11O12S. The van der Waals surface area contributed by atoms with Crippen LogP contribution in [-0.2, 0) is 49.6 Å². The summed E-state index contributed by atoms with van der Waals surface area (Å²) in [4.78, 5) is 121. The average Bonchev–Trinajstić information content (AvgIpc) is 3.27. The van der Waals surface area contributed by atoms with E-state index in [0.29, 0.717) is 11.5 Å². The van der Waals surface area contributed by atoms with E-state index in [0.717, 1.165) is 44.1 Å². The molecule has 23 nitrogen and oxygen atoms in total. The van der Waals surface area contributed by atoms with Crippen LogP contribution in [0.4, 0.5) is 0 Å². The van der Waals surface area contributed by atoms with Gasteiger partial charge in [0.15, 0.2) is 12.1 Å². The number of benzene rings is 1. The predicted octanol–water partition coefficient (Wildman–Crippen LogP) is -2.02. The highest BCUT2D eigenvalue weighted by Crippen LogP contribution is 2.13. The van der Waals surface area contributed by atoms with E-state index in [1.54, 1.807) is 30.3 Å². The van der Waals surface area contributed by atoms with Crippen molar-refractivity contribution in [2.24, 2.45) is 22.2 Å². The van der Waals surface area contributed by atoms with Crippen LogP contribution in [0.3, 0.4) is 0 Å². The molecule has 1 aromatic rings. The normalized spacial score (nSPS) is 16.2. The summed E-state index contributed by atoms with van der Waals surface area (Å²) in [6.07, 6.45) is 3.82. The Morgan fingerprint density at radius 1 is 0.758 bits per heavy atom. The number of rotatable bonds is 31. The maximum atomic E-state index is 13.9. The summed E-state index contributed by atoms with van der Waals surface area (Å²) >= 11 is 4.26. The highest BCUT2D eigenvalue weighted by molar-refractivity contribution is 7.80. The number of piperidine rings is 1. The minimum Gasteiger partial charge on any atom is -0.479 e. The van der Waals surface area contributed by atoms with Gasteiger partial charge >= 0.3 is 5.97 Å². The zero-order valence-corrected chi connectivity index (χ0v) is 38.1. The lowest BCUT2D eigenvalue weighted by Gasteiger charge is -2.30. The Balaban J connectivity index is 2.31. The molecule has 368 valence electrons. The lowest BCUT2D eigenvalue weighted by molar-refractivity contribution is -0.173. The Hall–Kier alpha value is -6.01. The third kappa shape index (κ3) is 20.9. The van der Waals surface area contributed by atoms with Crippen molar-refractivity contribution in [3.63, 3.8) is 0 Å². The summed E-state index contributed by atoms with van der Waals surface area (Å²) in [7, 11) is 0. The monoisotopic (exact) mass is 949 g/mol. The number of nitrogens with zero attached hydrogens (tertiary/aromatic N) is 2. The molecule has 1 saturated heterocycles. The Morgan fingerprint density at radius 2 is 1.33 bits per heavy atom. The number of carboxylic acids is 1. The van der Waals surface area contributed by atoms with Crippen LogP contribution < -0.4 is 49.1 Å². The maximum Gasteiger partial charge on any atom is 0.335 e. The second kappa shape index (κ2) is 30.2. The summed E-state index contributed by atoms with van der Waals surface area (Å²) in [5.74, 6) is -9.89. The molecule has 0 spiro atoms. The fraction of sp³-hybridized carbons (Fsp3) is 0.619. The summed E-state index contributed by atoms with van der Waals surface area (Å²) in [5.41, 5.74) is 16.9. The van der Waals surface area contributed by atoms with Gasteiger partial charge in [0.25, 0.3) is 5.91 Å². The van der Waals surface area contributed by atoms with Crippen molar-refractivity contribution in [3.05, 3.63) is 35.9 Å². The van der Waals surface area contributed by atoms with Crippen LogP contribution in [-0.4, -0.2) is 141 Å². The number of primary amides is 1. The van der Waals surface area contributed by atoms with Gasteiger partial charge in [-0.3, -0.25) is 48.6 Å². The van der Waals surface area contributed by atoms with Gasteiger partial charge in [-0.15, -0.1) is 0 Å². The number of amides is 8. The number of aliphatic imine (C=N–C) groups is 1. The second-order valence-corrected chi connectivity index (χ2v) is 16.3. The zero-order chi connectivity index (χ0) is 49.2. The minimum atomic E-state index is -2.58. The van der Waals surface area contributed by atoms with Gasteiger partial charge in [-0.25, -0.2) is 9.86 Å². The SMILES string of the molecule is CCCCCCCCCC(=O)N[C@@H](Cc1ccccc1)C(=O)N[C@@H](CS)C(=O)N[C@@H](CCCN=C(N)N)C(=O)N[C@@H](CCC(N)=O)C(=O)N[C@H](C(=O)NC1CCCN(O)C1=O)C(O)C(=O)O. The molecule has 66 heavy (non-hydrogen) atoms. The number of aliphatic hydroxyl groups excluding tert-OH is 1. The lowest BCUT2D eigenvalue weighted by Crippen LogP contribution is -2.63. The Morgan fingerprint density at radius 3 is 1.94 bits per heavy atom. The maximum absolute atomic E-state index is 13.9. The van der Waals surface area contributed by atoms with E-state index in [2.05, 4.69) is 51.1 Å². The Labute approximate surface area is 388 Å². The van der Waals surface area contributed by atoms with Crippen LogP contribution in [0.25, 0.3) is 0 Å². The first-order valence-corrected chi connectivity index (χ1v) is 22.7. The molecule has 0 aromatic heterocycles. The first-order chi connectivity index (χ1) is 31.4. The van der Waals surface area contributed by atoms with Gasteiger partial charge < -0.3 is 59.3 Å². The second-order valence-electron chi connectivity index (χ2n) is 15.9. The van der Waals surface area contributed by atoms with E-state index in [-0.39, 0.29) is 69.2 Å². The minimum absolute atomic E-state index is 0.0125. The molecule has 0 saturated carbocycles. The number of carbonyl (C=O) groups excluding carboxylic acids is 8. The van der Waals surface area contributed by atoms with E-state index in [4.69, 9.17) is 17.2 Å². The molecule has 15 N–H and O–H groups in total.